The Hall–Kier alpha value is -0.910. The van der Waals surface area contributed by atoms with Crippen LogP contribution in [0.3, 0.4) is 0 Å². The number of carbonyl (C=O) groups is 1. The molecule has 0 aromatic carbocycles. The van der Waals surface area contributed by atoms with E-state index < -0.39 is 12.3 Å². The van der Waals surface area contributed by atoms with E-state index in [2.05, 4.69) is 11.9 Å². The molecule has 0 bridgehead atoms. The predicted molar refractivity (Wildman–Crippen MR) is 54.3 cm³/mol. The summed E-state index contributed by atoms with van der Waals surface area (Å²) in [6.07, 6.45) is 0.0273. The van der Waals surface area contributed by atoms with Gasteiger partial charge in [0.25, 0.3) is 6.29 Å². The fourth-order valence-electron chi connectivity index (χ4n) is 1.48. The van der Waals surface area contributed by atoms with E-state index in [4.69, 9.17) is 14.6 Å². The third-order valence-corrected chi connectivity index (χ3v) is 2.39. The Kier molecular flexibility index (Phi) is 4.26. The van der Waals surface area contributed by atoms with Gasteiger partial charge in [-0.15, -0.1) is 0 Å². The molecule has 5 nitrogen and oxygen atoms in total. The van der Waals surface area contributed by atoms with E-state index in [0.29, 0.717) is 6.42 Å². The minimum absolute atomic E-state index is 0.223. The molecule has 5 heteroatoms. The number of carboxylic acids is 1. The van der Waals surface area contributed by atoms with Crippen molar-refractivity contribution < 1.29 is 19.4 Å². The lowest BCUT2D eigenvalue weighted by atomic mass is 10.1. The van der Waals surface area contributed by atoms with Gasteiger partial charge in [0, 0.05) is 12.5 Å². The van der Waals surface area contributed by atoms with Crippen LogP contribution in [0, 0.1) is 0 Å². The topological polar surface area (TPSA) is 67.8 Å². The van der Waals surface area contributed by atoms with Crippen molar-refractivity contribution in [3.8, 4) is 0 Å². The summed E-state index contributed by atoms with van der Waals surface area (Å²) in [6, 6.07) is 0.223. The number of rotatable bonds is 6. The van der Waals surface area contributed by atoms with E-state index in [0.717, 1.165) is 12.0 Å². The second kappa shape index (κ2) is 5.25. The number of ether oxygens (including phenoxy) is 2. The maximum atomic E-state index is 10.4. The maximum absolute atomic E-state index is 10.4. The summed E-state index contributed by atoms with van der Waals surface area (Å²) in [6.45, 7) is 5.80. The third kappa shape index (κ3) is 3.30. The number of hydrogen-bond acceptors (Lipinski definition) is 4. The molecule has 1 saturated heterocycles. The molecule has 0 aromatic heterocycles. The second-order valence-corrected chi connectivity index (χ2v) is 3.64. The highest BCUT2D eigenvalue weighted by Crippen LogP contribution is 2.22. The fraction of sp³-hybridized carbons (Fsp3) is 0.700. The first-order chi connectivity index (χ1) is 7.04. The SMILES string of the molecule is C=C(C)C(CCC1OC(C(=O)O)O1)NC. The van der Waals surface area contributed by atoms with Gasteiger partial charge in [0.2, 0.25) is 0 Å². The summed E-state index contributed by atoms with van der Waals surface area (Å²) in [5.74, 6) is -1.07. The largest absolute Gasteiger partial charge is 0.477 e. The van der Waals surface area contributed by atoms with Gasteiger partial charge in [0.15, 0.2) is 6.29 Å². The molecular formula is C10H17NO4. The molecular weight excluding hydrogens is 198 g/mol. The fourth-order valence-corrected chi connectivity index (χ4v) is 1.48. The van der Waals surface area contributed by atoms with Gasteiger partial charge in [-0.3, -0.25) is 0 Å². The molecule has 1 unspecified atom stereocenters. The van der Waals surface area contributed by atoms with Crippen LogP contribution in [0.2, 0.25) is 0 Å². The number of likely N-dealkylation sites (N-methyl/N-ethyl adjacent to an activating group) is 1. The molecule has 15 heavy (non-hydrogen) atoms. The van der Waals surface area contributed by atoms with Crippen molar-refractivity contribution in [2.75, 3.05) is 7.05 Å². The molecule has 2 N–H and O–H groups in total. The highest BCUT2D eigenvalue weighted by Gasteiger charge is 2.36. The third-order valence-electron chi connectivity index (χ3n) is 2.39. The summed E-state index contributed by atoms with van der Waals surface area (Å²) >= 11 is 0. The van der Waals surface area contributed by atoms with Crippen LogP contribution >= 0.6 is 0 Å². The van der Waals surface area contributed by atoms with Crippen molar-refractivity contribution in [3.63, 3.8) is 0 Å². The minimum Gasteiger partial charge on any atom is -0.477 e. The number of hydrogen-bond donors (Lipinski definition) is 2. The molecule has 1 heterocycles. The molecule has 0 aliphatic carbocycles. The molecule has 0 radical (unpaired) electrons. The lowest BCUT2D eigenvalue weighted by Crippen LogP contribution is -2.46. The highest BCUT2D eigenvalue weighted by molar-refractivity contribution is 5.71. The highest BCUT2D eigenvalue weighted by atomic mass is 16.9. The van der Waals surface area contributed by atoms with Crippen LogP contribution in [0.15, 0.2) is 12.2 Å². The zero-order valence-corrected chi connectivity index (χ0v) is 9.03. The van der Waals surface area contributed by atoms with Gasteiger partial charge in [-0.2, -0.15) is 0 Å². The van der Waals surface area contributed by atoms with Gasteiger partial charge < -0.3 is 19.9 Å². The van der Waals surface area contributed by atoms with Crippen molar-refractivity contribution in [2.45, 2.75) is 38.4 Å². The first-order valence-electron chi connectivity index (χ1n) is 4.91. The van der Waals surface area contributed by atoms with Crippen LogP contribution in [-0.2, 0) is 14.3 Å². The van der Waals surface area contributed by atoms with Crippen molar-refractivity contribution in [1.29, 1.82) is 0 Å². The van der Waals surface area contributed by atoms with Gasteiger partial charge in [0.05, 0.1) is 0 Å². The maximum Gasteiger partial charge on any atom is 0.361 e. The summed E-state index contributed by atoms with van der Waals surface area (Å²) in [5.41, 5.74) is 1.05. The summed E-state index contributed by atoms with van der Waals surface area (Å²) < 4.78 is 9.99. The van der Waals surface area contributed by atoms with E-state index in [9.17, 15) is 4.79 Å². The van der Waals surface area contributed by atoms with Crippen molar-refractivity contribution >= 4 is 5.97 Å². The molecule has 1 atom stereocenters. The van der Waals surface area contributed by atoms with Crippen molar-refractivity contribution in [1.82, 2.24) is 5.32 Å². The summed E-state index contributed by atoms with van der Waals surface area (Å²) in [4.78, 5) is 10.4. The standard InChI is InChI=1S/C10H17NO4/c1-6(2)7(11-3)4-5-8-14-10(15-8)9(12)13/h7-8,10-11H,1,4-5H2,2-3H3,(H,12,13). The average Bonchev–Trinajstić information content (AvgIpc) is 2.07. The van der Waals surface area contributed by atoms with Crippen LogP contribution < -0.4 is 5.32 Å². The van der Waals surface area contributed by atoms with E-state index in [1.165, 1.54) is 0 Å². The van der Waals surface area contributed by atoms with Gasteiger partial charge >= 0.3 is 5.97 Å². The molecule has 0 aromatic rings. The van der Waals surface area contributed by atoms with E-state index in [1.54, 1.807) is 0 Å². The first kappa shape index (κ1) is 12.2. The Balaban J connectivity index is 2.17. The predicted octanol–water partition coefficient (Wildman–Crippen LogP) is 0.714. The van der Waals surface area contributed by atoms with Gasteiger partial charge in [-0.05, 0) is 20.4 Å². The van der Waals surface area contributed by atoms with Crippen LogP contribution in [-0.4, -0.2) is 36.7 Å². The Bertz CT molecular complexity index is 248. The molecule has 1 aliphatic heterocycles. The summed E-state index contributed by atoms with van der Waals surface area (Å²) in [5, 5.41) is 11.6. The van der Waals surface area contributed by atoms with Gasteiger partial charge in [0.1, 0.15) is 0 Å². The molecule has 1 fully saturated rings. The first-order valence-corrected chi connectivity index (χ1v) is 4.91. The van der Waals surface area contributed by atoms with E-state index >= 15 is 0 Å². The molecule has 0 saturated carbocycles. The molecule has 1 aliphatic rings. The van der Waals surface area contributed by atoms with Crippen LogP contribution in [0.4, 0.5) is 0 Å². The molecule has 1 rings (SSSR count). The van der Waals surface area contributed by atoms with Crippen LogP contribution in [0.5, 0.6) is 0 Å². The zero-order valence-electron chi connectivity index (χ0n) is 9.03. The molecule has 0 spiro atoms. The zero-order chi connectivity index (χ0) is 11.4. The molecule has 86 valence electrons. The lowest BCUT2D eigenvalue weighted by Gasteiger charge is -2.33. The average molecular weight is 215 g/mol. The van der Waals surface area contributed by atoms with Crippen LogP contribution in [0.1, 0.15) is 19.8 Å². The number of carboxylic acid groups (broad SMARTS) is 1. The van der Waals surface area contributed by atoms with Crippen molar-refractivity contribution in [2.24, 2.45) is 0 Å². The lowest BCUT2D eigenvalue weighted by molar-refractivity contribution is -0.372. The Morgan fingerprint density at radius 1 is 1.60 bits per heavy atom. The Morgan fingerprint density at radius 3 is 2.60 bits per heavy atom. The minimum atomic E-state index is -1.08. The normalized spacial score (nSPS) is 26.8. The van der Waals surface area contributed by atoms with E-state index in [-0.39, 0.29) is 12.3 Å². The molecule has 0 amide bonds. The quantitative estimate of drug-likeness (QED) is 0.639. The van der Waals surface area contributed by atoms with E-state index in [1.807, 2.05) is 14.0 Å². The second-order valence-electron chi connectivity index (χ2n) is 3.64. The van der Waals surface area contributed by atoms with Crippen molar-refractivity contribution in [3.05, 3.63) is 12.2 Å². The van der Waals surface area contributed by atoms with Gasteiger partial charge in [-0.25, -0.2) is 4.79 Å². The number of aliphatic carboxylic acids is 1. The summed E-state index contributed by atoms with van der Waals surface area (Å²) in [7, 11) is 1.86. The van der Waals surface area contributed by atoms with Gasteiger partial charge in [-0.1, -0.05) is 12.2 Å². The van der Waals surface area contributed by atoms with Crippen LogP contribution in [0.25, 0.3) is 0 Å². The Labute approximate surface area is 89.1 Å². The smallest absolute Gasteiger partial charge is 0.361 e. The number of nitrogens with one attached hydrogen (secondary N) is 1. The monoisotopic (exact) mass is 215 g/mol. The Morgan fingerprint density at radius 2 is 2.20 bits per heavy atom.